The summed E-state index contributed by atoms with van der Waals surface area (Å²) >= 11 is 1.50. The smallest absolute Gasteiger partial charge is 0.415 e. The van der Waals surface area contributed by atoms with Crippen molar-refractivity contribution in [3.63, 3.8) is 0 Å². The summed E-state index contributed by atoms with van der Waals surface area (Å²) in [5.74, 6) is 0. The third kappa shape index (κ3) is 2.25. The van der Waals surface area contributed by atoms with Gasteiger partial charge in [0.2, 0.25) is 0 Å². The van der Waals surface area contributed by atoms with E-state index in [9.17, 15) is 4.79 Å². The minimum atomic E-state index is -0.394. The van der Waals surface area contributed by atoms with Crippen LogP contribution in [-0.4, -0.2) is 32.3 Å². The highest BCUT2D eigenvalue weighted by Crippen LogP contribution is 2.12. The molecule has 1 aliphatic rings. The lowest BCUT2D eigenvalue weighted by atomic mass is 10.3. The van der Waals surface area contributed by atoms with Gasteiger partial charge in [0.15, 0.2) is 6.73 Å². The standard InChI is InChI=1S/C15H12N4O2S/c20-15(18-6-5-12-14(8-18)22-9-16-12)21-10-19-13-4-2-1-3-11(13)7-17-19/h1-5,7-9H,6,10H2. The fourth-order valence-corrected chi connectivity index (χ4v) is 3.07. The van der Waals surface area contributed by atoms with E-state index in [-0.39, 0.29) is 6.73 Å². The van der Waals surface area contributed by atoms with E-state index in [1.54, 1.807) is 22.6 Å². The fraction of sp³-hybridized carbons (Fsp3) is 0.133. The first-order valence-corrected chi connectivity index (χ1v) is 7.65. The molecule has 22 heavy (non-hydrogen) atoms. The Morgan fingerprint density at radius 1 is 1.36 bits per heavy atom. The second kappa shape index (κ2) is 5.27. The zero-order chi connectivity index (χ0) is 14.9. The molecule has 0 bridgehead atoms. The normalized spacial score (nSPS) is 13.4. The van der Waals surface area contributed by atoms with Crippen LogP contribution in [0.15, 0.2) is 36.0 Å². The zero-order valence-electron chi connectivity index (χ0n) is 11.5. The second-order valence-electron chi connectivity index (χ2n) is 4.83. The topological polar surface area (TPSA) is 60.3 Å². The van der Waals surface area contributed by atoms with E-state index < -0.39 is 6.09 Å². The van der Waals surface area contributed by atoms with Crippen LogP contribution >= 0.6 is 11.3 Å². The van der Waals surface area contributed by atoms with Gasteiger partial charge in [-0.3, -0.25) is 4.90 Å². The largest absolute Gasteiger partial charge is 0.426 e. The lowest BCUT2D eigenvalue weighted by Gasteiger charge is -2.17. The number of thiazole rings is 1. The number of fused-ring (bicyclic) bond motifs is 2. The van der Waals surface area contributed by atoms with Crippen molar-refractivity contribution in [2.75, 3.05) is 6.54 Å². The molecule has 3 heterocycles. The average molecular weight is 312 g/mol. The highest BCUT2D eigenvalue weighted by Gasteiger charge is 2.15. The van der Waals surface area contributed by atoms with Crippen molar-refractivity contribution in [2.24, 2.45) is 0 Å². The maximum atomic E-state index is 12.2. The molecule has 3 aromatic rings. The van der Waals surface area contributed by atoms with Gasteiger partial charge in [-0.2, -0.15) is 5.10 Å². The van der Waals surface area contributed by atoms with Gasteiger partial charge in [-0.05, 0) is 12.1 Å². The summed E-state index contributed by atoms with van der Waals surface area (Å²) in [5, 5.41) is 6.18. The van der Waals surface area contributed by atoms with Crippen LogP contribution in [-0.2, 0) is 11.5 Å². The van der Waals surface area contributed by atoms with E-state index in [0.29, 0.717) is 6.54 Å². The van der Waals surface area contributed by atoms with Crippen LogP contribution in [0.2, 0.25) is 0 Å². The molecule has 0 radical (unpaired) electrons. The third-order valence-electron chi connectivity index (χ3n) is 3.47. The van der Waals surface area contributed by atoms with Gasteiger partial charge >= 0.3 is 6.09 Å². The molecule has 0 aliphatic carbocycles. The molecule has 0 atom stereocenters. The molecule has 2 aromatic heterocycles. The zero-order valence-corrected chi connectivity index (χ0v) is 12.4. The molecular formula is C15H12N4O2S. The minimum Gasteiger partial charge on any atom is -0.426 e. The van der Waals surface area contributed by atoms with Gasteiger partial charge in [0, 0.05) is 18.1 Å². The molecule has 7 heteroatoms. The molecule has 6 nitrogen and oxygen atoms in total. The van der Waals surface area contributed by atoms with Crippen LogP contribution in [0.4, 0.5) is 4.79 Å². The van der Waals surface area contributed by atoms with Crippen molar-refractivity contribution < 1.29 is 9.53 Å². The molecule has 1 amide bonds. The molecule has 0 N–H and O–H groups in total. The van der Waals surface area contributed by atoms with Gasteiger partial charge in [0.1, 0.15) is 0 Å². The van der Waals surface area contributed by atoms with Crippen LogP contribution in [0.25, 0.3) is 23.2 Å². The van der Waals surface area contributed by atoms with Crippen LogP contribution in [0, 0.1) is 0 Å². The van der Waals surface area contributed by atoms with Gasteiger partial charge in [-0.25, -0.2) is 14.5 Å². The maximum Gasteiger partial charge on any atom is 0.415 e. The predicted molar refractivity (Wildman–Crippen MR) is 83.2 cm³/mol. The molecule has 0 unspecified atom stereocenters. The lowest BCUT2D eigenvalue weighted by molar-refractivity contribution is 0.0910. The molecule has 0 spiro atoms. The Morgan fingerprint density at radius 3 is 3.23 bits per heavy atom. The van der Waals surface area contributed by atoms with Gasteiger partial charge < -0.3 is 4.74 Å². The molecule has 0 fully saturated rings. The first-order chi connectivity index (χ1) is 10.8. The fourth-order valence-electron chi connectivity index (χ4n) is 2.35. The first-order valence-electron chi connectivity index (χ1n) is 6.77. The molecule has 0 saturated carbocycles. The number of carbonyl (C=O) groups excluding carboxylic acids is 1. The van der Waals surface area contributed by atoms with Crippen LogP contribution in [0.3, 0.4) is 0 Å². The van der Waals surface area contributed by atoms with E-state index in [1.165, 1.54) is 16.2 Å². The number of aromatic nitrogens is 3. The number of hydrogen-bond acceptors (Lipinski definition) is 5. The highest BCUT2D eigenvalue weighted by molar-refractivity contribution is 7.07. The van der Waals surface area contributed by atoms with E-state index in [4.69, 9.17) is 4.74 Å². The molecule has 1 aliphatic heterocycles. The second-order valence-corrected chi connectivity index (χ2v) is 5.72. The molecule has 4 rings (SSSR count). The van der Waals surface area contributed by atoms with E-state index in [0.717, 1.165) is 20.8 Å². The summed E-state index contributed by atoms with van der Waals surface area (Å²) in [6, 6.07) is 7.80. The number of rotatable bonds is 2. The van der Waals surface area contributed by atoms with Crippen molar-refractivity contribution in [2.45, 2.75) is 6.73 Å². The highest BCUT2D eigenvalue weighted by atomic mass is 32.1. The van der Waals surface area contributed by atoms with E-state index >= 15 is 0 Å². The Kier molecular flexibility index (Phi) is 3.12. The Bertz CT molecular complexity index is 959. The van der Waals surface area contributed by atoms with Gasteiger partial charge in [-0.1, -0.05) is 18.2 Å². The van der Waals surface area contributed by atoms with Crippen LogP contribution in [0.1, 0.15) is 0 Å². The quantitative estimate of drug-likeness (QED) is 0.711. The Balaban J connectivity index is 1.49. The Labute approximate surface area is 129 Å². The SMILES string of the molecule is O=C(OCn1ncc2ccccc21)N1C=c2scnc2=CC1. The number of ether oxygens (including phenoxy) is 1. The Hall–Kier alpha value is -2.67. The number of para-hydroxylation sites is 1. The number of hydrogen-bond donors (Lipinski definition) is 0. The van der Waals surface area contributed by atoms with Crippen LogP contribution < -0.4 is 9.88 Å². The first kappa shape index (κ1) is 13.0. The number of benzene rings is 1. The average Bonchev–Trinajstić information content (AvgIpc) is 3.18. The lowest BCUT2D eigenvalue weighted by Crippen LogP contribution is -2.37. The van der Waals surface area contributed by atoms with E-state index in [1.807, 2.05) is 30.3 Å². The summed E-state index contributed by atoms with van der Waals surface area (Å²) in [4.78, 5) is 17.9. The van der Waals surface area contributed by atoms with Crippen molar-refractivity contribution >= 4 is 40.6 Å². The van der Waals surface area contributed by atoms with Crippen molar-refractivity contribution in [3.8, 4) is 0 Å². The maximum absolute atomic E-state index is 12.2. The third-order valence-corrected chi connectivity index (χ3v) is 4.25. The van der Waals surface area contributed by atoms with Crippen molar-refractivity contribution in [1.82, 2.24) is 19.7 Å². The van der Waals surface area contributed by atoms with Gasteiger partial charge in [-0.15, -0.1) is 11.3 Å². The monoisotopic (exact) mass is 312 g/mol. The molecule has 1 aromatic carbocycles. The van der Waals surface area contributed by atoms with E-state index in [2.05, 4.69) is 10.1 Å². The van der Waals surface area contributed by atoms with Gasteiger partial charge in [0.05, 0.1) is 27.1 Å². The molecule has 110 valence electrons. The predicted octanol–water partition coefficient (Wildman–Crippen LogP) is 1.12. The summed E-state index contributed by atoms with van der Waals surface area (Å²) in [5.41, 5.74) is 2.71. The molecule has 0 saturated heterocycles. The number of carbonyl (C=O) groups is 1. The van der Waals surface area contributed by atoms with Gasteiger partial charge in [0.25, 0.3) is 0 Å². The van der Waals surface area contributed by atoms with Crippen molar-refractivity contribution in [3.05, 3.63) is 45.9 Å². The van der Waals surface area contributed by atoms with Crippen LogP contribution in [0.5, 0.6) is 0 Å². The summed E-state index contributed by atoms with van der Waals surface area (Å²) in [6.45, 7) is 0.557. The van der Waals surface area contributed by atoms with Crippen molar-refractivity contribution in [1.29, 1.82) is 0 Å². The number of nitrogens with zero attached hydrogens (tertiary/aromatic N) is 4. The number of amides is 1. The minimum absolute atomic E-state index is 0.0895. The molecular weight excluding hydrogens is 300 g/mol. The summed E-state index contributed by atoms with van der Waals surface area (Å²) in [7, 11) is 0. The Morgan fingerprint density at radius 2 is 2.27 bits per heavy atom. The summed E-state index contributed by atoms with van der Waals surface area (Å²) in [6.07, 6.45) is 5.05. The summed E-state index contributed by atoms with van der Waals surface area (Å²) < 4.78 is 7.98.